The van der Waals surface area contributed by atoms with Gasteiger partial charge < -0.3 is 10.1 Å². The summed E-state index contributed by atoms with van der Waals surface area (Å²) >= 11 is 7.25. The number of nitrogens with one attached hydrogen (secondary N) is 2. The first-order valence-corrected chi connectivity index (χ1v) is 9.03. The topological polar surface area (TPSA) is 138 Å². The molecule has 4 aromatic heterocycles. The number of aromatic amines is 1. The molecule has 0 bridgehead atoms. The molecule has 12 heteroatoms. The van der Waals surface area contributed by atoms with Gasteiger partial charge in [-0.15, -0.1) is 0 Å². The van der Waals surface area contributed by atoms with Crippen LogP contribution in [0.5, 0.6) is 5.88 Å². The molecule has 0 fully saturated rings. The fraction of sp³-hybridized carbons (Fsp3) is 0. The Balaban J connectivity index is 1.64. The zero-order valence-electron chi connectivity index (χ0n) is 13.7. The lowest BCUT2D eigenvalue weighted by Crippen LogP contribution is -2.27. The number of para-hydroxylation sites is 1. The molecule has 3 N–H and O–H groups in total. The molecule has 28 heavy (non-hydrogen) atoms. The third-order valence-electron chi connectivity index (χ3n) is 4.03. The maximum absolute atomic E-state index is 12.9. The molecule has 0 saturated carbocycles. The molecule has 1 amide bonds. The number of halogens is 1. The van der Waals surface area contributed by atoms with E-state index in [0.717, 1.165) is 4.70 Å². The van der Waals surface area contributed by atoms with Gasteiger partial charge in [0.15, 0.2) is 16.4 Å². The fourth-order valence-corrected chi connectivity index (χ4v) is 4.05. The second kappa shape index (κ2) is 5.97. The van der Waals surface area contributed by atoms with Gasteiger partial charge in [0.25, 0.3) is 11.5 Å². The van der Waals surface area contributed by atoms with Gasteiger partial charge in [0.2, 0.25) is 16.8 Å². The SMILES string of the molecule is O=C(Nc1nc(Cl)c2[nH]cnc2n1)c1c(O)nc2sc3ccccc3n2c1=O. The molecule has 10 nitrogen and oxygen atoms in total. The molecule has 1 aromatic carbocycles. The van der Waals surface area contributed by atoms with E-state index in [1.54, 1.807) is 12.1 Å². The number of nitrogens with zero attached hydrogens (tertiary/aromatic N) is 5. The van der Waals surface area contributed by atoms with Crippen molar-refractivity contribution in [2.24, 2.45) is 0 Å². The molecule has 0 unspecified atom stereocenters. The normalized spacial score (nSPS) is 11.5. The number of hydrogen-bond acceptors (Lipinski definition) is 8. The largest absolute Gasteiger partial charge is 0.492 e. The highest BCUT2D eigenvalue weighted by Crippen LogP contribution is 2.26. The minimum absolute atomic E-state index is 0.0520. The molecule has 0 aliphatic heterocycles. The molecule has 138 valence electrons. The molecule has 0 saturated heterocycles. The summed E-state index contributed by atoms with van der Waals surface area (Å²) in [5.74, 6) is -1.75. The summed E-state index contributed by atoms with van der Waals surface area (Å²) in [7, 11) is 0. The lowest BCUT2D eigenvalue weighted by atomic mass is 10.3. The van der Waals surface area contributed by atoms with E-state index in [-0.39, 0.29) is 21.7 Å². The first-order valence-electron chi connectivity index (χ1n) is 7.84. The summed E-state index contributed by atoms with van der Waals surface area (Å²) < 4.78 is 2.07. The van der Waals surface area contributed by atoms with Gasteiger partial charge in [0.1, 0.15) is 5.52 Å². The van der Waals surface area contributed by atoms with Gasteiger partial charge in [-0.2, -0.15) is 15.0 Å². The third kappa shape index (κ3) is 2.41. The monoisotopic (exact) mass is 413 g/mol. The lowest BCUT2D eigenvalue weighted by molar-refractivity contribution is 0.102. The van der Waals surface area contributed by atoms with Crippen molar-refractivity contribution in [3.63, 3.8) is 0 Å². The van der Waals surface area contributed by atoms with Crippen LogP contribution in [0.3, 0.4) is 0 Å². The Labute approximate surface area is 163 Å². The van der Waals surface area contributed by atoms with Crippen LogP contribution in [0.4, 0.5) is 5.95 Å². The Morgan fingerprint density at radius 1 is 1.25 bits per heavy atom. The number of carbonyl (C=O) groups excluding carboxylic acids is 1. The van der Waals surface area contributed by atoms with E-state index in [2.05, 4.69) is 30.2 Å². The number of hydrogen-bond donors (Lipinski definition) is 3. The molecule has 0 aliphatic rings. The van der Waals surface area contributed by atoms with Crippen LogP contribution in [0.15, 0.2) is 35.4 Å². The van der Waals surface area contributed by atoms with E-state index in [0.29, 0.717) is 11.0 Å². The van der Waals surface area contributed by atoms with E-state index in [4.69, 9.17) is 11.6 Å². The second-order valence-electron chi connectivity index (χ2n) is 5.70. The predicted molar refractivity (Wildman–Crippen MR) is 103 cm³/mol. The van der Waals surface area contributed by atoms with Crippen LogP contribution < -0.4 is 10.9 Å². The maximum atomic E-state index is 12.9. The van der Waals surface area contributed by atoms with Crippen molar-refractivity contribution >= 4 is 61.1 Å². The first kappa shape index (κ1) is 16.6. The Kier molecular flexibility index (Phi) is 3.54. The second-order valence-corrected chi connectivity index (χ2v) is 7.06. The van der Waals surface area contributed by atoms with Crippen LogP contribution in [0.2, 0.25) is 5.15 Å². The van der Waals surface area contributed by atoms with Crippen molar-refractivity contribution in [2.75, 3.05) is 5.32 Å². The van der Waals surface area contributed by atoms with Crippen LogP contribution in [-0.2, 0) is 0 Å². The maximum Gasteiger partial charge on any atom is 0.275 e. The number of rotatable bonds is 2. The Morgan fingerprint density at radius 2 is 2.07 bits per heavy atom. The summed E-state index contributed by atoms with van der Waals surface area (Å²) in [6.07, 6.45) is 1.38. The molecule has 0 spiro atoms. The van der Waals surface area contributed by atoms with Gasteiger partial charge in [0, 0.05) is 0 Å². The molecular formula is C16H8ClN7O3S. The summed E-state index contributed by atoms with van der Waals surface area (Å²) in [5.41, 5.74) is 0.0163. The van der Waals surface area contributed by atoms with Crippen molar-refractivity contribution in [1.82, 2.24) is 29.3 Å². The zero-order chi connectivity index (χ0) is 19.4. The molecule has 0 aliphatic carbocycles. The summed E-state index contributed by atoms with van der Waals surface area (Å²) in [6.45, 7) is 0. The van der Waals surface area contributed by atoms with E-state index in [1.165, 1.54) is 22.1 Å². The number of fused-ring (bicyclic) bond motifs is 4. The molecule has 0 radical (unpaired) electrons. The minimum Gasteiger partial charge on any atom is -0.492 e. The summed E-state index contributed by atoms with van der Waals surface area (Å²) in [6, 6.07) is 7.14. The number of amides is 1. The van der Waals surface area contributed by atoms with E-state index in [9.17, 15) is 14.7 Å². The van der Waals surface area contributed by atoms with Crippen LogP contribution in [0.1, 0.15) is 10.4 Å². The average Bonchev–Trinajstić information content (AvgIpc) is 3.25. The van der Waals surface area contributed by atoms with Crippen LogP contribution in [0, 0.1) is 0 Å². The number of benzene rings is 1. The molecular weight excluding hydrogens is 406 g/mol. The predicted octanol–water partition coefficient (Wildman–Crippen LogP) is 2.19. The van der Waals surface area contributed by atoms with Crippen LogP contribution >= 0.6 is 22.9 Å². The summed E-state index contributed by atoms with van der Waals surface area (Å²) in [5, 5.41) is 12.6. The van der Waals surface area contributed by atoms with E-state index < -0.39 is 22.9 Å². The number of H-pyrrole nitrogens is 1. The minimum atomic E-state index is -0.911. The first-order chi connectivity index (χ1) is 13.5. The number of imidazole rings is 1. The quantitative estimate of drug-likeness (QED) is 0.377. The fourth-order valence-electron chi connectivity index (χ4n) is 2.81. The highest BCUT2D eigenvalue weighted by Gasteiger charge is 2.23. The van der Waals surface area contributed by atoms with Crippen LogP contribution in [-0.4, -0.2) is 40.3 Å². The van der Waals surface area contributed by atoms with Crippen molar-refractivity contribution in [3.8, 4) is 5.88 Å². The highest BCUT2D eigenvalue weighted by molar-refractivity contribution is 7.23. The van der Waals surface area contributed by atoms with Crippen molar-refractivity contribution < 1.29 is 9.90 Å². The smallest absolute Gasteiger partial charge is 0.275 e. The Bertz CT molecular complexity index is 1470. The van der Waals surface area contributed by atoms with Gasteiger partial charge in [-0.1, -0.05) is 35.1 Å². The molecule has 5 rings (SSSR count). The standard InChI is InChI=1S/C16H8ClN7O3S/c17-10-9-11(19-5-18-9)21-15(20-10)22-12(25)8-13(26)23-16-24(14(8)27)6-3-1-2-4-7(6)28-16/h1-5,26H,(H2,18,19,20,21,22,25). The lowest BCUT2D eigenvalue weighted by Gasteiger charge is -2.06. The number of anilines is 1. The summed E-state index contributed by atoms with van der Waals surface area (Å²) in [4.78, 5) is 44.6. The van der Waals surface area contributed by atoms with Gasteiger partial charge in [-0.25, -0.2) is 4.98 Å². The number of aromatic hydroxyl groups is 1. The average molecular weight is 414 g/mol. The zero-order valence-corrected chi connectivity index (χ0v) is 15.2. The van der Waals surface area contributed by atoms with Gasteiger partial charge in [-0.3, -0.25) is 19.3 Å². The Hall–Kier alpha value is -3.57. The van der Waals surface area contributed by atoms with Gasteiger partial charge in [-0.05, 0) is 12.1 Å². The molecule has 4 heterocycles. The van der Waals surface area contributed by atoms with E-state index >= 15 is 0 Å². The number of thiazole rings is 1. The van der Waals surface area contributed by atoms with Gasteiger partial charge >= 0.3 is 0 Å². The van der Waals surface area contributed by atoms with Crippen molar-refractivity contribution in [2.45, 2.75) is 0 Å². The molecule has 0 atom stereocenters. The van der Waals surface area contributed by atoms with Gasteiger partial charge in [0.05, 0.1) is 16.5 Å². The van der Waals surface area contributed by atoms with Crippen molar-refractivity contribution in [3.05, 3.63) is 51.7 Å². The third-order valence-corrected chi connectivity index (χ3v) is 5.33. The Morgan fingerprint density at radius 3 is 2.93 bits per heavy atom. The van der Waals surface area contributed by atoms with Crippen LogP contribution in [0.25, 0.3) is 26.3 Å². The molecule has 5 aromatic rings. The highest BCUT2D eigenvalue weighted by atomic mass is 35.5. The number of carbonyl (C=O) groups is 1. The van der Waals surface area contributed by atoms with Crippen molar-refractivity contribution in [1.29, 1.82) is 0 Å². The number of aromatic nitrogens is 6. The van der Waals surface area contributed by atoms with E-state index in [1.807, 2.05) is 12.1 Å².